The van der Waals surface area contributed by atoms with Crippen molar-refractivity contribution in [2.75, 3.05) is 6.61 Å². The molecule has 1 aliphatic heterocycles. The van der Waals surface area contributed by atoms with Crippen LogP contribution in [-0.4, -0.2) is 24.3 Å². The predicted octanol–water partition coefficient (Wildman–Crippen LogP) is 5.34. The molecule has 1 heterocycles. The molecule has 0 aromatic heterocycles. The van der Waals surface area contributed by atoms with Crippen molar-refractivity contribution in [3.63, 3.8) is 0 Å². The van der Waals surface area contributed by atoms with E-state index >= 15 is 0 Å². The van der Waals surface area contributed by atoms with Crippen LogP contribution >= 0.6 is 11.6 Å². The lowest BCUT2D eigenvalue weighted by atomic mass is 9.83. The van der Waals surface area contributed by atoms with Gasteiger partial charge in [-0.05, 0) is 54.4 Å². The van der Waals surface area contributed by atoms with Crippen LogP contribution in [0.15, 0.2) is 60.7 Å². The molecule has 6 heteroatoms. The lowest BCUT2D eigenvalue weighted by Gasteiger charge is -2.23. The van der Waals surface area contributed by atoms with Crippen LogP contribution in [0.4, 0.5) is 0 Å². The van der Waals surface area contributed by atoms with Crippen molar-refractivity contribution in [1.29, 1.82) is 0 Å². The average molecular weight is 449 g/mol. The molecule has 0 amide bonds. The molecule has 1 saturated carbocycles. The highest BCUT2D eigenvalue weighted by molar-refractivity contribution is 6.30. The van der Waals surface area contributed by atoms with E-state index in [9.17, 15) is 14.4 Å². The molecule has 1 fully saturated rings. The molecule has 0 radical (unpaired) electrons. The van der Waals surface area contributed by atoms with E-state index in [2.05, 4.69) is 0 Å². The predicted molar refractivity (Wildman–Crippen MR) is 120 cm³/mol. The third-order valence-corrected chi connectivity index (χ3v) is 7.21. The first-order valence-corrected chi connectivity index (χ1v) is 11.0. The highest BCUT2D eigenvalue weighted by Crippen LogP contribution is 2.80. The average Bonchev–Trinajstić information content (AvgIpc) is 3.45. The summed E-state index contributed by atoms with van der Waals surface area (Å²) < 4.78 is 11.1. The lowest BCUT2D eigenvalue weighted by Crippen LogP contribution is -2.40. The highest BCUT2D eigenvalue weighted by atomic mass is 35.5. The van der Waals surface area contributed by atoms with E-state index in [4.69, 9.17) is 21.1 Å². The molecular weight excluding hydrogens is 428 g/mol. The van der Waals surface area contributed by atoms with Crippen molar-refractivity contribution in [3.05, 3.63) is 76.8 Å². The van der Waals surface area contributed by atoms with Crippen LogP contribution in [-0.2, 0) is 14.3 Å². The van der Waals surface area contributed by atoms with Crippen molar-refractivity contribution in [2.24, 2.45) is 10.8 Å². The van der Waals surface area contributed by atoms with E-state index in [-0.39, 0.29) is 18.8 Å². The van der Waals surface area contributed by atoms with Gasteiger partial charge in [-0.1, -0.05) is 48.9 Å². The summed E-state index contributed by atoms with van der Waals surface area (Å²) in [6.07, 6.45) is 0.274. The third-order valence-electron chi connectivity index (χ3n) is 6.96. The number of hydrogen-bond donors (Lipinski definition) is 0. The minimum atomic E-state index is -1.72. The third kappa shape index (κ3) is 2.43. The Morgan fingerprint density at radius 1 is 1.03 bits per heavy atom. The van der Waals surface area contributed by atoms with Crippen molar-refractivity contribution < 1.29 is 23.9 Å². The molecular formula is C26H21ClO5. The summed E-state index contributed by atoms with van der Waals surface area (Å²) in [6, 6.07) is 17.8. The molecule has 162 valence electrons. The van der Waals surface area contributed by atoms with Crippen LogP contribution in [0.5, 0.6) is 5.75 Å². The van der Waals surface area contributed by atoms with Gasteiger partial charge in [0, 0.05) is 22.1 Å². The van der Waals surface area contributed by atoms with E-state index in [1.807, 2.05) is 37.3 Å². The van der Waals surface area contributed by atoms with Crippen LogP contribution < -0.4 is 4.74 Å². The van der Waals surface area contributed by atoms with Gasteiger partial charge in [-0.3, -0.25) is 14.4 Å². The van der Waals surface area contributed by atoms with Crippen molar-refractivity contribution in [2.45, 2.75) is 26.2 Å². The molecule has 5 nitrogen and oxygen atoms in total. The fourth-order valence-corrected chi connectivity index (χ4v) is 5.71. The molecule has 3 atom stereocenters. The van der Waals surface area contributed by atoms with E-state index in [0.29, 0.717) is 21.9 Å². The fourth-order valence-electron chi connectivity index (χ4n) is 5.58. The van der Waals surface area contributed by atoms with Gasteiger partial charge in [0.2, 0.25) is 0 Å². The monoisotopic (exact) mass is 448 g/mol. The summed E-state index contributed by atoms with van der Waals surface area (Å²) >= 11 is 6.02. The Balaban J connectivity index is 1.79. The maximum Gasteiger partial charge on any atom is 0.330 e. The Bertz CT molecular complexity index is 1280. The Kier molecular flexibility index (Phi) is 4.64. The minimum absolute atomic E-state index is 0.0951. The summed E-state index contributed by atoms with van der Waals surface area (Å²) in [5.41, 5.74) is -1.92. The number of hydrogen-bond acceptors (Lipinski definition) is 5. The summed E-state index contributed by atoms with van der Waals surface area (Å²) in [6.45, 7) is 3.60. The van der Waals surface area contributed by atoms with Crippen LogP contribution in [0.3, 0.4) is 0 Å². The number of ketones is 1. The Morgan fingerprint density at radius 3 is 2.44 bits per heavy atom. The first-order valence-electron chi connectivity index (χ1n) is 10.6. The second-order valence-electron chi connectivity index (χ2n) is 8.21. The molecule has 0 spiro atoms. The molecule has 0 unspecified atom stereocenters. The smallest absolute Gasteiger partial charge is 0.330 e. The highest BCUT2D eigenvalue weighted by Gasteiger charge is 2.90. The zero-order valence-electron chi connectivity index (χ0n) is 17.7. The Hall–Kier alpha value is -3.18. The number of Topliss-reactive ketones (excluding diaryl/α,β-unsaturated/α-hetero) is 1. The Morgan fingerprint density at radius 2 is 1.75 bits per heavy atom. The SMILES string of the molecule is CCOC(=O)[C@]12C(=O)Oc3ccc4ccccc4c3[C@@H]1[C@@]2(CC)C(=O)c1ccc(Cl)cc1. The standard InChI is InChI=1S/C26H21ClO5/c1-3-25(22(28)16-9-12-17(27)13-10-16)21-20-18-8-6-5-7-15(18)11-14-19(20)32-24(30)26(21,25)23(29)31-4-2/h5-14,21H,3-4H2,1-2H3/t21-,25+,26+/m1/s1. The van der Waals surface area contributed by atoms with Crippen LogP contribution in [0.1, 0.15) is 42.1 Å². The summed E-state index contributed by atoms with van der Waals surface area (Å²) in [5.74, 6) is -2.01. The zero-order chi connectivity index (χ0) is 22.7. The molecule has 0 bridgehead atoms. The second-order valence-corrected chi connectivity index (χ2v) is 8.65. The maximum atomic E-state index is 14.0. The molecule has 0 saturated heterocycles. The number of carbonyl (C=O) groups excluding carboxylic acids is 3. The van der Waals surface area contributed by atoms with Gasteiger partial charge in [0.25, 0.3) is 0 Å². The van der Waals surface area contributed by atoms with E-state index in [1.54, 1.807) is 37.3 Å². The molecule has 3 aromatic rings. The van der Waals surface area contributed by atoms with Gasteiger partial charge in [-0.2, -0.15) is 0 Å². The number of ether oxygens (including phenoxy) is 2. The molecule has 3 aromatic carbocycles. The molecule has 32 heavy (non-hydrogen) atoms. The normalized spacial score (nSPS) is 25.5. The van der Waals surface area contributed by atoms with Crippen molar-refractivity contribution >= 4 is 40.1 Å². The largest absolute Gasteiger partial charge is 0.465 e. The quantitative estimate of drug-likeness (QED) is 0.228. The second kappa shape index (κ2) is 7.17. The molecule has 0 N–H and O–H groups in total. The van der Waals surface area contributed by atoms with Gasteiger partial charge in [-0.15, -0.1) is 0 Å². The summed E-state index contributed by atoms with van der Waals surface area (Å²) in [4.78, 5) is 40.8. The van der Waals surface area contributed by atoms with Crippen molar-refractivity contribution in [3.8, 4) is 5.75 Å². The molecule has 5 rings (SSSR count). The van der Waals surface area contributed by atoms with Gasteiger partial charge >= 0.3 is 11.9 Å². The number of esters is 2. The number of carbonyl (C=O) groups is 3. The van der Waals surface area contributed by atoms with Crippen LogP contribution in [0, 0.1) is 10.8 Å². The van der Waals surface area contributed by atoms with Crippen LogP contribution in [0.2, 0.25) is 5.02 Å². The first-order chi connectivity index (χ1) is 15.4. The Labute approximate surface area is 190 Å². The maximum absolute atomic E-state index is 14.0. The summed E-state index contributed by atoms with van der Waals surface area (Å²) in [7, 11) is 0. The van der Waals surface area contributed by atoms with E-state index in [0.717, 1.165) is 10.8 Å². The number of rotatable bonds is 5. The lowest BCUT2D eigenvalue weighted by molar-refractivity contribution is -0.162. The molecule has 1 aliphatic carbocycles. The van der Waals surface area contributed by atoms with Gasteiger partial charge in [0.1, 0.15) is 5.75 Å². The van der Waals surface area contributed by atoms with Crippen molar-refractivity contribution in [1.82, 2.24) is 0 Å². The van der Waals surface area contributed by atoms with Gasteiger partial charge < -0.3 is 9.47 Å². The van der Waals surface area contributed by atoms with Gasteiger partial charge in [-0.25, -0.2) is 0 Å². The number of halogens is 1. The van der Waals surface area contributed by atoms with E-state index in [1.165, 1.54) is 0 Å². The van der Waals surface area contributed by atoms with Crippen LogP contribution in [0.25, 0.3) is 10.8 Å². The number of fused-ring (bicyclic) bond motifs is 5. The number of benzene rings is 3. The minimum Gasteiger partial charge on any atom is -0.465 e. The van der Waals surface area contributed by atoms with Gasteiger partial charge in [0.15, 0.2) is 11.2 Å². The summed E-state index contributed by atoms with van der Waals surface area (Å²) in [5, 5.41) is 2.30. The topological polar surface area (TPSA) is 69.7 Å². The van der Waals surface area contributed by atoms with Gasteiger partial charge in [0.05, 0.1) is 12.0 Å². The molecule has 2 aliphatic rings. The zero-order valence-corrected chi connectivity index (χ0v) is 18.4. The first kappa shape index (κ1) is 20.7. The van der Waals surface area contributed by atoms with E-state index < -0.39 is 28.7 Å². The fraction of sp³-hybridized carbons (Fsp3) is 0.269.